The van der Waals surface area contributed by atoms with Gasteiger partial charge in [0.05, 0.1) is 6.10 Å². The molecule has 0 atom stereocenters. The summed E-state index contributed by atoms with van der Waals surface area (Å²) in [5.74, 6) is 0.816. The highest BCUT2D eigenvalue weighted by molar-refractivity contribution is 4.45. The quantitative estimate of drug-likeness (QED) is 0.539. The number of rotatable bonds is 5. The zero-order valence-electron chi connectivity index (χ0n) is 7.68. The molecule has 0 aromatic heterocycles. The molecule has 0 bridgehead atoms. The second kappa shape index (κ2) is 5.72. The van der Waals surface area contributed by atoms with Crippen LogP contribution in [-0.4, -0.2) is 12.7 Å². The van der Waals surface area contributed by atoms with E-state index in [9.17, 15) is 0 Å². The fourth-order valence-corrected chi connectivity index (χ4v) is 0.811. The average molecular weight is 144 g/mol. The summed E-state index contributed by atoms with van der Waals surface area (Å²) < 4.78 is 5.39. The first kappa shape index (κ1) is 9.96. The van der Waals surface area contributed by atoms with Gasteiger partial charge in [-0.15, -0.1) is 0 Å². The van der Waals surface area contributed by atoms with E-state index in [1.54, 1.807) is 0 Å². The third-order valence-corrected chi connectivity index (χ3v) is 1.38. The van der Waals surface area contributed by atoms with Crippen LogP contribution in [0.2, 0.25) is 0 Å². The molecule has 0 fully saturated rings. The van der Waals surface area contributed by atoms with Crippen molar-refractivity contribution in [3.05, 3.63) is 0 Å². The molecule has 0 N–H and O–H groups in total. The van der Waals surface area contributed by atoms with Crippen LogP contribution in [0.3, 0.4) is 0 Å². The Bertz CT molecular complexity index is 57.1. The number of ether oxygens (including phenoxy) is 1. The lowest BCUT2D eigenvalue weighted by Gasteiger charge is -2.07. The summed E-state index contributed by atoms with van der Waals surface area (Å²) in [6.45, 7) is 9.57. The third kappa shape index (κ3) is 7.96. The summed E-state index contributed by atoms with van der Waals surface area (Å²) >= 11 is 0. The van der Waals surface area contributed by atoms with Gasteiger partial charge in [0.15, 0.2) is 0 Å². The minimum absolute atomic E-state index is 0.396. The highest BCUT2D eigenvalue weighted by Crippen LogP contribution is 2.03. The fourth-order valence-electron chi connectivity index (χ4n) is 0.811. The largest absolute Gasteiger partial charge is 0.379 e. The van der Waals surface area contributed by atoms with Crippen molar-refractivity contribution in [2.24, 2.45) is 5.92 Å². The van der Waals surface area contributed by atoms with Crippen LogP contribution in [0.15, 0.2) is 0 Å². The van der Waals surface area contributed by atoms with Gasteiger partial charge in [-0.1, -0.05) is 13.8 Å². The Hall–Kier alpha value is -0.0400. The van der Waals surface area contributed by atoms with E-state index in [2.05, 4.69) is 27.7 Å². The summed E-state index contributed by atoms with van der Waals surface area (Å²) in [5.41, 5.74) is 0. The molecule has 0 aliphatic heterocycles. The maximum absolute atomic E-state index is 5.39. The maximum Gasteiger partial charge on any atom is 0.0518 e. The Labute approximate surface area is 64.8 Å². The average Bonchev–Trinajstić information content (AvgIpc) is 1.79. The molecule has 62 valence electrons. The first-order valence-corrected chi connectivity index (χ1v) is 4.24. The second-order valence-corrected chi connectivity index (χ2v) is 3.46. The lowest BCUT2D eigenvalue weighted by molar-refractivity contribution is 0.0743. The smallest absolute Gasteiger partial charge is 0.0518 e. The van der Waals surface area contributed by atoms with Gasteiger partial charge in [0.25, 0.3) is 0 Å². The fraction of sp³-hybridized carbons (Fsp3) is 1.00. The molecular formula is C9H20O. The highest BCUT2D eigenvalue weighted by atomic mass is 16.5. The van der Waals surface area contributed by atoms with Crippen molar-refractivity contribution in [3.63, 3.8) is 0 Å². The van der Waals surface area contributed by atoms with Crippen molar-refractivity contribution >= 4 is 0 Å². The van der Waals surface area contributed by atoms with Gasteiger partial charge in [-0.3, -0.25) is 0 Å². The number of hydrogen-bond acceptors (Lipinski definition) is 1. The molecule has 0 saturated heterocycles. The van der Waals surface area contributed by atoms with Crippen molar-refractivity contribution in [2.45, 2.75) is 46.6 Å². The van der Waals surface area contributed by atoms with Crippen LogP contribution in [0.25, 0.3) is 0 Å². The summed E-state index contributed by atoms with van der Waals surface area (Å²) in [7, 11) is 0. The molecule has 0 radical (unpaired) electrons. The molecule has 1 heteroatoms. The Kier molecular flexibility index (Phi) is 5.70. The van der Waals surface area contributed by atoms with E-state index in [-0.39, 0.29) is 0 Å². The molecule has 0 rings (SSSR count). The van der Waals surface area contributed by atoms with Crippen LogP contribution in [0.1, 0.15) is 40.5 Å². The first-order valence-electron chi connectivity index (χ1n) is 4.24. The molecule has 0 spiro atoms. The molecule has 0 heterocycles. The van der Waals surface area contributed by atoms with Gasteiger partial charge in [0, 0.05) is 6.61 Å². The molecular weight excluding hydrogens is 124 g/mol. The Morgan fingerprint density at radius 3 is 2.10 bits per heavy atom. The van der Waals surface area contributed by atoms with E-state index in [4.69, 9.17) is 4.74 Å². The lowest BCUT2D eigenvalue weighted by atomic mass is 10.1. The Morgan fingerprint density at radius 2 is 1.70 bits per heavy atom. The maximum atomic E-state index is 5.39. The van der Waals surface area contributed by atoms with Gasteiger partial charge in [0.2, 0.25) is 0 Å². The van der Waals surface area contributed by atoms with Crippen LogP contribution in [0, 0.1) is 5.92 Å². The van der Waals surface area contributed by atoms with Gasteiger partial charge in [-0.2, -0.15) is 0 Å². The van der Waals surface area contributed by atoms with E-state index in [0.717, 1.165) is 12.5 Å². The summed E-state index contributed by atoms with van der Waals surface area (Å²) in [4.78, 5) is 0. The van der Waals surface area contributed by atoms with Gasteiger partial charge < -0.3 is 4.74 Å². The molecule has 0 unspecified atom stereocenters. The summed E-state index contributed by atoms with van der Waals surface area (Å²) in [6, 6.07) is 0. The molecule has 0 aromatic rings. The van der Waals surface area contributed by atoms with Crippen molar-refractivity contribution in [3.8, 4) is 0 Å². The predicted molar refractivity (Wildman–Crippen MR) is 45.2 cm³/mol. The third-order valence-electron chi connectivity index (χ3n) is 1.38. The van der Waals surface area contributed by atoms with Crippen LogP contribution < -0.4 is 0 Å². The van der Waals surface area contributed by atoms with E-state index >= 15 is 0 Å². The van der Waals surface area contributed by atoms with Gasteiger partial charge in [-0.25, -0.2) is 0 Å². The van der Waals surface area contributed by atoms with Crippen molar-refractivity contribution in [2.75, 3.05) is 6.61 Å². The molecule has 0 aromatic carbocycles. The zero-order chi connectivity index (χ0) is 7.98. The standard InChI is InChI=1S/C9H20O/c1-8(2)6-5-7-10-9(3)4/h8-9H,5-7H2,1-4H3. The lowest BCUT2D eigenvalue weighted by Crippen LogP contribution is -2.04. The normalized spacial score (nSPS) is 11.4. The van der Waals surface area contributed by atoms with E-state index in [1.165, 1.54) is 12.8 Å². The number of hydrogen-bond donors (Lipinski definition) is 0. The van der Waals surface area contributed by atoms with Crippen LogP contribution in [-0.2, 0) is 4.74 Å². The van der Waals surface area contributed by atoms with Crippen molar-refractivity contribution < 1.29 is 4.74 Å². The van der Waals surface area contributed by atoms with E-state index < -0.39 is 0 Å². The van der Waals surface area contributed by atoms with Gasteiger partial charge in [-0.05, 0) is 32.6 Å². The van der Waals surface area contributed by atoms with Crippen molar-refractivity contribution in [1.29, 1.82) is 0 Å². The van der Waals surface area contributed by atoms with Crippen molar-refractivity contribution in [1.82, 2.24) is 0 Å². The molecule has 0 aliphatic rings. The molecule has 0 saturated carbocycles. The van der Waals surface area contributed by atoms with E-state index in [0.29, 0.717) is 6.10 Å². The molecule has 1 nitrogen and oxygen atoms in total. The van der Waals surface area contributed by atoms with Gasteiger partial charge in [0.1, 0.15) is 0 Å². The minimum atomic E-state index is 0.396. The molecule has 10 heavy (non-hydrogen) atoms. The first-order chi connectivity index (χ1) is 4.63. The van der Waals surface area contributed by atoms with Crippen LogP contribution in [0.5, 0.6) is 0 Å². The molecule has 0 amide bonds. The predicted octanol–water partition coefficient (Wildman–Crippen LogP) is 2.85. The van der Waals surface area contributed by atoms with E-state index in [1.807, 2.05) is 0 Å². The Balaban J connectivity index is 2.91. The SMILES string of the molecule is CC(C)CCCOC(C)C. The monoisotopic (exact) mass is 144 g/mol. The summed E-state index contributed by atoms with van der Waals surface area (Å²) in [6.07, 6.45) is 2.88. The summed E-state index contributed by atoms with van der Waals surface area (Å²) in [5, 5.41) is 0. The zero-order valence-corrected chi connectivity index (χ0v) is 7.68. The van der Waals surface area contributed by atoms with Gasteiger partial charge >= 0.3 is 0 Å². The van der Waals surface area contributed by atoms with Crippen LogP contribution >= 0.6 is 0 Å². The Morgan fingerprint density at radius 1 is 1.10 bits per heavy atom. The highest BCUT2D eigenvalue weighted by Gasteiger charge is 1.95. The van der Waals surface area contributed by atoms with Crippen LogP contribution in [0.4, 0.5) is 0 Å². The second-order valence-electron chi connectivity index (χ2n) is 3.46. The topological polar surface area (TPSA) is 9.23 Å². The minimum Gasteiger partial charge on any atom is -0.379 e. The molecule has 0 aliphatic carbocycles.